The van der Waals surface area contributed by atoms with E-state index in [0.717, 1.165) is 32.5 Å². The Morgan fingerprint density at radius 3 is 2.34 bits per heavy atom. The van der Waals surface area contributed by atoms with Gasteiger partial charge in [-0.05, 0) is 61.4 Å². The molecule has 8 heteroatoms. The van der Waals surface area contributed by atoms with Crippen LogP contribution in [-0.2, 0) is 4.79 Å². The summed E-state index contributed by atoms with van der Waals surface area (Å²) in [6.07, 6.45) is 0. The van der Waals surface area contributed by atoms with E-state index in [2.05, 4.69) is 31.4 Å². The topological polar surface area (TPSA) is 59.8 Å². The van der Waals surface area contributed by atoms with E-state index in [1.165, 1.54) is 11.8 Å². The number of thioether (sulfide) groups is 1. The number of carbonyl (C=O) groups is 1. The van der Waals surface area contributed by atoms with E-state index in [-0.39, 0.29) is 11.7 Å². The van der Waals surface area contributed by atoms with Crippen LogP contribution in [0.15, 0.2) is 76.4 Å². The second-order valence-electron chi connectivity index (χ2n) is 7.24. The van der Waals surface area contributed by atoms with Gasteiger partial charge in [-0.25, -0.2) is 0 Å². The Bertz CT molecular complexity index is 1240. The fraction of sp³-hybridized carbons (Fsp3) is 0.125. The van der Waals surface area contributed by atoms with E-state index >= 15 is 0 Å². The van der Waals surface area contributed by atoms with E-state index in [1.54, 1.807) is 0 Å². The number of anilines is 1. The number of nitrogens with one attached hydrogen (secondary N) is 1. The van der Waals surface area contributed by atoms with Crippen LogP contribution in [0, 0.1) is 13.8 Å². The van der Waals surface area contributed by atoms with Gasteiger partial charge < -0.3 is 5.32 Å². The lowest BCUT2D eigenvalue weighted by Crippen LogP contribution is -2.16. The van der Waals surface area contributed by atoms with Crippen molar-refractivity contribution in [1.29, 1.82) is 0 Å². The molecule has 1 N–H and O–H groups in total. The minimum atomic E-state index is -0.101. The number of hydrogen-bond donors (Lipinski definition) is 1. The van der Waals surface area contributed by atoms with E-state index < -0.39 is 0 Å². The number of rotatable bonds is 6. The number of aryl methyl sites for hydroxylation is 2. The van der Waals surface area contributed by atoms with Crippen LogP contribution >= 0.6 is 39.3 Å². The SMILES string of the molecule is Cc1cc(Br)cc(C)c1NC(=O)CSc1nnc(-c2ccccc2)n1-c1ccc(Cl)cc1. The van der Waals surface area contributed by atoms with Gasteiger partial charge >= 0.3 is 0 Å². The maximum Gasteiger partial charge on any atom is 0.234 e. The third kappa shape index (κ3) is 5.06. The molecule has 0 fully saturated rings. The highest BCUT2D eigenvalue weighted by Crippen LogP contribution is 2.29. The molecule has 32 heavy (non-hydrogen) atoms. The number of nitrogens with zero attached hydrogens (tertiary/aromatic N) is 3. The van der Waals surface area contributed by atoms with Gasteiger partial charge in [0.05, 0.1) is 5.75 Å². The van der Waals surface area contributed by atoms with Crippen molar-refractivity contribution in [3.05, 3.63) is 87.4 Å². The Morgan fingerprint density at radius 1 is 1.03 bits per heavy atom. The van der Waals surface area contributed by atoms with E-state index in [9.17, 15) is 4.79 Å². The molecule has 0 aliphatic rings. The van der Waals surface area contributed by atoms with Gasteiger partial charge in [-0.1, -0.05) is 69.6 Å². The molecule has 1 aromatic heterocycles. The first-order chi connectivity index (χ1) is 15.4. The van der Waals surface area contributed by atoms with Crippen LogP contribution in [0.25, 0.3) is 17.1 Å². The standard InChI is InChI=1S/C24H20BrClN4OS/c1-15-12-18(25)13-16(2)22(15)27-21(31)14-32-24-29-28-23(17-6-4-3-5-7-17)30(24)20-10-8-19(26)9-11-20/h3-13H,14H2,1-2H3,(H,27,31). The number of amides is 1. The fourth-order valence-electron chi connectivity index (χ4n) is 3.37. The summed E-state index contributed by atoms with van der Waals surface area (Å²) in [5.41, 5.74) is 4.66. The minimum absolute atomic E-state index is 0.101. The van der Waals surface area contributed by atoms with Crippen molar-refractivity contribution in [3.63, 3.8) is 0 Å². The van der Waals surface area contributed by atoms with Gasteiger partial charge in [0.2, 0.25) is 5.91 Å². The average molecular weight is 528 g/mol. The van der Waals surface area contributed by atoms with Crippen molar-refractivity contribution < 1.29 is 4.79 Å². The number of hydrogen-bond acceptors (Lipinski definition) is 4. The maximum absolute atomic E-state index is 12.7. The molecular formula is C24H20BrClN4OS. The summed E-state index contributed by atoms with van der Waals surface area (Å²) >= 11 is 10.9. The smallest absolute Gasteiger partial charge is 0.234 e. The van der Waals surface area contributed by atoms with E-state index in [4.69, 9.17) is 11.6 Å². The van der Waals surface area contributed by atoms with Gasteiger partial charge in [0.1, 0.15) is 0 Å². The Hall–Kier alpha value is -2.61. The lowest BCUT2D eigenvalue weighted by molar-refractivity contribution is -0.113. The molecule has 0 bridgehead atoms. The first-order valence-corrected chi connectivity index (χ1v) is 12.0. The molecule has 3 aromatic carbocycles. The highest BCUT2D eigenvalue weighted by atomic mass is 79.9. The average Bonchev–Trinajstić information content (AvgIpc) is 3.20. The van der Waals surface area contributed by atoms with Crippen LogP contribution in [0.1, 0.15) is 11.1 Å². The lowest BCUT2D eigenvalue weighted by atomic mass is 10.1. The van der Waals surface area contributed by atoms with Crippen LogP contribution < -0.4 is 5.32 Å². The molecule has 0 aliphatic carbocycles. The van der Waals surface area contributed by atoms with Crippen molar-refractivity contribution in [1.82, 2.24) is 14.8 Å². The van der Waals surface area contributed by atoms with Gasteiger partial charge in [0.25, 0.3) is 0 Å². The molecule has 0 aliphatic heterocycles. The molecule has 0 radical (unpaired) electrons. The zero-order valence-electron chi connectivity index (χ0n) is 17.5. The minimum Gasteiger partial charge on any atom is -0.325 e. The lowest BCUT2D eigenvalue weighted by Gasteiger charge is -2.13. The second kappa shape index (κ2) is 9.90. The zero-order chi connectivity index (χ0) is 22.7. The number of benzene rings is 3. The molecule has 0 unspecified atom stereocenters. The van der Waals surface area contributed by atoms with Crippen LogP contribution in [0.3, 0.4) is 0 Å². The van der Waals surface area contributed by atoms with Crippen molar-refractivity contribution in [2.75, 3.05) is 11.1 Å². The van der Waals surface area contributed by atoms with Gasteiger partial charge in [-0.3, -0.25) is 9.36 Å². The largest absolute Gasteiger partial charge is 0.325 e. The van der Waals surface area contributed by atoms with Crippen molar-refractivity contribution >= 4 is 50.9 Å². The summed E-state index contributed by atoms with van der Waals surface area (Å²) in [6, 6.07) is 21.3. The van der Waals surface area contributed by atoms with E-state index in [0.29, 0.717) is 16.0 Å². The van der Waals surface area contributed by atoms with Crippen molar-refractivity contribution in [2.45, 2.75) is 19.0 Å². The number of carbonyl (C=O) groups excluding carboxylic acids is 1. The molecule has 5 nitrogen and oxygen atoms in total. The van der Waals surface area contributed by atoms with Gasteiger partial charge in [-0.2, -0.15) is 0 Å². The molecule has 1 heterocycles. The predicted octanol–water partition coefficient (Wildman–Crippen LogP) is 6.70. The normalized spacial score (nSPS) is 10.9. The van der Waals surface area contributed by atoms with Crippen molar-refractivity contribution in [3.8, 4) is 17.1 Å². The Labute approximate surface area is 204 Å². The van der Waals surface area contributed by atoms with Crippen LogP contribution in [-0.4, -0.2) is 26.4 Å². The highest BCUT2D eigenvalue weighted by molar-refractivity contribution is 9.10. The first-order valence-electron chi connectivity index (χ1n) is 9.88. The molecule has 0 saturated heterocycles. The van der Waals surface area contributed by atoms with Crippen LogP contribution in [0.5, 0.6) is 0 Å². The summed E-state index contributed by atoms with van der Waals surface area (Å²) in [6.45, 7) is 3.95. The van der Waals surface area contributed by atoms with Gasteiger partial charge in [-0.15, -0.1) is 10.2 Å². The quantitative estimate of drug-likeness (QED) is 0.284. The van der Waals surface area contributed by atoms with Crippen LogP contribution in [0.2, 0.25) is 5.02 Å². The first kappa shape index (κ1) is 22.6. The molecule has 1 amide bonds. The molecule has 0 saturated carbocycles. The van der Waals surface area contributed by atoms with Gasteiger partial charge in [0.15, 0.2) is 11.0 Å². The molecule has 162 valence electrons. The Morgan fingerprint density at radius 2 is 1.69 bits per heavy atom. The highest BCUT2D eigenvalue weighted by Gasteiger charge is 2.18. The maximum atomic E-state index is 12.7. The third-order valence-corrected chi connectivity index (χ3v) is 6.48. The van der Waals surface area contributed by atoms with Crippen LogP contribution in [0.4, 0.5) is 5.69 Å². The third-order valence-electron chi connectivity index (χ3n) is 4.84. The molecule has 0 spiro atoms. The summed E-state index contributed by atoms with van der Waals surface area (Å²) in [5, 5.41) is 13.1. The summed E-state index contributed by atoms with van der Waals surface area (Å²) in [7, 11) is 0. The number of aromatic nitrogens is 3. The number of halogens is 2. The zero-order valence-corrected chi connectivity index (χ0v) is 20.6. The van der Waals surface area contributed by atoms with Crippen molar-refractivity contribution in [2.24, 2.45) is 0 Å². The Balaban J connectivity index is 1.59. The molecular weight excluding hydrogens is 508 g/mol. The van der Waals surface area contributed by atoms with E-state index in [1.807, 2.05) is 85.1 Å². The van der Waals surface area contributed by atoms with Gasteiger partial charge in [0, 0.05) is 26.4 Å². The molecule has 4 rings (SSSR count). The Kier molecular flexibility index (Phi) is 6.98. The summed E-state index contributed by atoms with van der Waals surface area (Å²) in [4.78, 5) is 12.7. The second-order valence-corrected chi connectivity index (χ2v) is 9.53. The monoisotopic (exact) mass is 526 g/mol. The molecule has 4 aromatic rings. The predicted molar refractivity (Wildman–Crippen MR) is 135 cm³/mol. The summed E-state index contributed by atoms with van der Waals surface area (Å²) in [5.74, 6) is 0.806. The summed E-state index contributed by atoms with van der Waals surface area (Å²) < 4.78 is 2.93. The molecule has 0 atom stereocenters. The fourth-order valence-corrected chi connectivity index (χ4v) is 4.94.